The van der Waals surface area contributed by atoms with Crippen LogP contribution in [0, 0.1) is 0 Å². The van der Waals surface area contributed by atoms with Crippen molar-refractivity contribution < 1.29 is 15.0 Å². The van der Waals surface area contributed by atoms with Crippen LogP contribution < -0.4 is 5.32 Å². The lowest BCUT2D eigenvalue weighted by Gasteiger charge is -2.23. The Morgan fingerprint density at radius 1 is 1.55 bits per heavy atom. The van der Waals surface area contributed by atoms with Gasteiger partial charge in [-0.2, -0.15) is 0 Å². The van der Waals surface area contributed by atoms with Crippen LogP contribution in [0.1, 0.15) is 12.8 Å². The highest BCUT2D eigenvalue weighted by atomic mass is 35.5. The molecule has 11 heavy (non-hydrogen) atoms. The fourth-order valence-electron chi connectivity index (χ4n) is 1.09. The number of aliphatic hydroxyl groups excluding tert-OH is 1. The monoisotopic (exact) mass is 181 g/mol. The number of hydrogen-bond acceptors (Lipinski definition) is 3. The van der Waals surface area contributed by atoms with E-state index in [-0.39, 0.29) is 12.4 Å². The van der Waals surface area contributed by atoms with Crippen LogP contribution in [0.4, 0.5) is 0 Å². The number of hydrogen-bond donors (Lipinski definition) is 3. The number of halogens is 1. The van der Waals surface area contributed by atoms with Crippen LogP contribution in [0.2, 0.25) is 0 Å². The van der Waals surface area contributed by atoms with Crippen LogP contribution in [0.15, 0.2) is 0 Å². The summed E-state index contributed by atoms with van der Waals surface area (Å²) in [4.78, 5) is 10.3. The third kappa shape index (κ3) is 3.05. The molecule has 0 aromatic carbocycles. The molecule has 0 aromatic heterocycles. The van der Waals surface area contributed by atoms with Gasteiger partial charge in [0, 0.05) is 0 Å². The van der Waals surface area contributed by atoms with E-state index in [1.165, 1.54) is 0 Å². The van der Waals surface area contributed by atoms with Gasteiger partial charge >= 0.3 is 5.97 Å². The number of aliphatic carboxylic acids is 1. The zero-order chi connectivity index (χ0) is 7.56. The lowest BCUT2D eigenvalue weighted by atomic mass is 10.0. The van der Waals surface area contributed by atoms with Crippen molar-refractivity contribution in [3.05, 3.63) is 0 Å². The zero-order valence-corrected chi connectivity index (χ0v) is 6.80. The number of rotatable bonds is 1. The molecule has 0 bridgehead atoms. The number of nitrogens with one attached hydrogen (secondary N) is 1. The Kier molecular flexibility index (Phi) is 4.40. The topological polar surface area (TPSA) is 69.6 Å². The summed E-state index contributed by atoms with van der Waals surface area (Å²) in [6.07, 6.45) is 0.543. The molecule has 0 spiro atoms. The van der Waals surface area contributed by atoms with Crippen LogP contribution in [0.5, 0.6) is 0 Å². The van der Waals surface area contributed by atoms with Crippen molar-refractivity contribution in [3.63, 3.8) is 0 Å². The minimum atomic E-state index is -0.876. The molecule has 1 fully saturated rings. The number of carboxylic acids is 1. The Morgan fingerprint density at radius 3 is 2.55 bits per heavy atom. The highest BCUT2D eigenvalue weighted by Crippen LogP contribution is 2.07. The highest BCUT2D eigenvalue weighted by Gasteiger charge is 2.24. The van der Waals surface area contributed by atoms with Gasteiger partial charge in [-0.3, -0.25) is 4.79 Å². The first-order valence-electron chi connectivity index (χ1n) is 3.34. The van der Waals surface area contributed by atoms with Gasteiger partial charge in [-0.25, -0.2) is 0 Å². The van der Waals surface area contributed by atoms with Gasteiger partial charge in [0.15, 0.2) is 0 Å². The third-order valence-corrected chi connectivity index (χ3v) is 1.67. The molecule has 1 heterocycles. The Hall–Kier alpha value is -0.320. The summed E-state index contributed by atoms with van der Waals surface area (Å²) in [5, 5.41) is 20.3. The van der Waals surface area contributed by atoms with E-state index in [9.17, 15) is 4.79 Å². The van der Waals surface area contributed by atoms with Gasteiger partial charge in [-0.1, -0.05) is 0 Å². The summed E-state index contributed by atoms with van der Waals surface area (Å²) in [5.74, 6) is -0.876. The summed E-state index contributed by atoms with van der Waals surface area (Å²) >= 11 is 0. The van der Waals surface area contributed by atoms with Gasteiger partial charge in [0.05, 0.1) is 6.10 Å². The van der Waals surface area contributed by atoms with E-state index in [0.717, 1.165) is 0 Å². The Morgan fingerprint density at radius 2 is 2.18 bits per heavy atom. The molecule has 0 amide bonds. The van der Waals surface area contributed by atoms with E-state index < -0.39 is 18.1 Å². The SMILES string of the molecule is Cl.O=C(O)C1CC(O)CCN1. The van der Waals surface area contributed by atoms with Gasteiger partial charge in [0.25, 0.3) is 0 Å². The first-order valence-corrected chi connectivity index (χ1v) is 3.34. The summed E-state index contributed by atoms with van der Waals surface area (Å²) in [6, 6.07) is -0.552. The molecule has 5 heteroatoms. The van der Waals surface area contributed by atoms with Crippen molar-refractivity contribution in [3.8, 4) is 0 Å². The van der Waals surface area contributed by atoms with Gasteiger partial charge in [0.2, 0.25) is 0 Å². The van der Waals surface area contributed by atoms with E-state index in [1.807, 2.05) is 0 Å². The van der Waals surface area contributed by atoms with Crippen molar-refractivity contribution in [1.82, 2.24) is 5.32 Å². The van der Waals surface area contributed by atoms with Crippen LogP contribution >= 0.6 is 12.4 Å². The number of aliphatic hydroxyl groups is 1. The number of carboxylic acid groups (broad SMARTS) is 1. The van der Waals surface area contributed by atoms with Crippen molar-refractivity contribution >= 4 is 18.4 Å². The predicted octanol–water partition coefficient (Wildman–Crippen LogP) is -0.394. The maximum Gasteiger partial charge on any atom is 0.320 e. The molecule has 1 aliphatic rings. The van der Waals surface area contributed by atoms with Crippen molar-refractivity contribution in [2.75, 3.05) is 6.54 Å². The Balaban J connectivity index is 0.000001000. The largest absolute Gasteiger partial charge is 0.480 e. The molecule has 1 aliphatic heterocycles. The zero-order valence-electron chi connectivity index (χ0n) is 5.99. The average Bonchev–Trinajstić information content (AvgIpc) is 1.88. The maximum absolute atomic E-state index is 10.3. The molecule has 0 radical (unpaired) electrons. The summed E-state index contributed by atoms with van der Waals surface area (Å²) in [5.41, 5.74) is 0. The van der Waals surface area contributed by atoms with Gasteiger partial charge in [0.1, 0.15) is 6.04 Å². The van der Waals surface area contributed by atoms with Crippen LogP contribution in [0.3, 0.4) is 0 Å². The van der Waals surface area contributed by atoms with Gasteiger partial charge < -0.3 is 15.5 Å². The minimum Gasteiger partial charge on any atom is -0.480 e. The fraction of sp³-hybridized carbons (Fsp3) is 0.833. The normalized spacial score (nSPS) is 30.6. The molecule has 1 saturated heterocycles. The lowest BCUT2D eigenvalue weighted by molar-refractivity contribution is -0.141. The molecule has 1 rings (SSSR count). The summed E-state index contributed by atoms with van der Waals surface area (Å²) in [6.45, 7) is 0.595. The Labute approximate surface area is 71.0 Å². The predicted molar refractivity (Wildman–Crippen MR) is 41.9 cm³/mol. The molecule has 0 aliphatic carbocycles. The van der Waals surface area contributed by atoms with E-state index in [4.69, 9.17) is 10.2 Å². The standard InChI is InChI=1S/C6H11NO3.ClH/c8-4-1-2-7-5(3-4)6(9)10;/h4-5,7-8H,1-3H2,(H,9,10);1H. The average molecular weight is 182 g/mol. The van der Waals surface area contributed by atoms with Gasteiger partial charge in [-0.15, -0.1) is 12.4 Å². The number of carbonyl (C=O) groups is 1. The summed E-state index contributed by atoms with van der Waals surface area (Å²) in [7, 11) is 0. The molecular formula is C6H12ClNO3. The first kappa shape index (κ1) is 10.7. The molecule has 2 atom stereocenters. The second-order valence-corrected chi connectivity index (χ2v) is 2.52. The van der Waals surface area contributed by atoms with E-state index in [1.54, 1.807) is 0 Å². The van der Waals surface area contributed by atoms with E-state index >= 15 is 0 Å². The molecule has 66 valence electrons. The third-order valence-electron chi connectivity index (χ3n) is 1.67. The summed E-state index contributed by atoms with van der Waals surface area (Å²) < 4.78 is 0. The molecular weight excluding hydrogens is 170 g/mol. The second kappa shape index (κ2) is 4.54. The van der Waals surface area contributed by atoms with Crippen molar-refractivity contribution in [1.29, 1.82) is 0 Å². The van der Waals surface area contributed by atoms with Crippen molar-refractivity contribution in [2.45, 2.75) is 25.0 Å². The molecule has 3 N–H and O–H groups in total. The van der Waals surface area contributed by atoms with Crippen molar-refractivity contribution in [2.24, 2.45) is 0 Å². The van der Waals surface area contributed by atoms with Crippen LogP contribution in [0.25, 0.3) is 0 Å². The van der Waals surface area contributed by atoms with Crippen LogP contribution in [-0.4, -0.2) is 34.9 Å². The van der Waals surface area contributed by atoms with Gasteiger partial charge in [-0.05, 0) is 19.4 Å². The second-order valence-electron chi connectivity index (χ2n) is 2.52. The lowest BCUT2D eigenvalue weighted by Crippen LogP contribution is -2.45. The maximum atomic E-state index is 10.3. The molecule has 4 nitrogen and oxygen atoms in total. The molecule has 0 aromatic rings. The number of piperidine rings is 1. The van der Waals surface area contributed by atoms with E-state index in [2.05, 4.69) is 5.32 Å². The first-order chi connectivity index (χ1) is 4.70. The van der Waals surface area contributed by atoms with E-state index in [0.29, 0.717) is 19.4 Å². The Bertz CT molecular complexity index is 142. The quantitative estimate of drug-likeness (QED) is 0.515. The fourth-order valence-corrected chi connectivity index (χ4v) is 1.09. The minimum absolute atomic E-state index is 0. The smallest absolute Gasteiger partial charge is 0.320 e. The highest BCUT2D eigenvalue weighted by molar-refractivity contribution is 5.85. The molecule has 0 saturated carbocycles. The molecule has 2 unspecified atom stereocenters. The van der Waals surface area contributed by atoms with Crippen LogP contribution in [-0.2, 0) is 4.79 Å².